The Kier molecular flexibility index (Phi) is 64.0. The summed E-state index contributed by atoms with van der Waals surface area (Å²) in [5, 5.41) is 10.6. The summed E-state index contributed by atoms with van der Waals surface area (Å²) in [5.74, 6) is -1.44. The van der Waals surface area contributed by atoms with Crippen LogP contribution in [0.1, 0.15) is 375 Å². The Labute approximate surface area is 556 Å². The first-order chi connectivity index (χ1) is 44.0. The largest absolute Gasteiger partial charge is 0.472 e. The van der Waals surface area contributed by atoms with Crippen LogP contribution >= 0.6 is 15.6 Å². The molecule has 0 spiro atoms. The molecular formula is C72H140O17P2. The molecule has 540 valence electrons. The molecule has 0 aromatic carbocycles. The van der Waals surface area contributed by atoms with E-state index in [0.717, 1.165) is 96.3 Å². The molecule has 0 aliphatic rings. The summed E-state index contributed by atoms with van der Waals surface area (Å²) < 4.78 is 68.3. The number of phosphoric ester groups is 2. The lowest BCUT2D eigenvalue weighted by atomic mass is 10.0. The van der Waals surface area contributed by atoms with Crippen molar-refractivity contribution in [2.75, 3.05) is 39.6 Å². The molecule has 0 aromatic rings. The second-order valence-electron chi connectivity index (χ2n) is 26.5. The zero-order chi connectivity index (χ0) is 67.0. The standard InChI is InChI=1S/C72H140O17P2/c1-6-9-12-15-18-21-24-27-28-29-30-31-32-35-38-41-48-53-58-72(77)88-67(61-82-69(74)55-50-45-39-36-33-25-22-19-16-13-10-7-2)63-86-90(78,79)84-59-66(73)60-85-91(80,81)87-64-68(62-83-70(75)56-51-46-43-42-44-49-54-65(4)5)89-71(76)57-52-47-40-37-34-26-23-20-17-14-11-8-3/h65-68,73H,6-64H2,1-5H3,(H,78,79)(H,80,81)/t66-,67-,68-/m1/s1. The number of hydrogen-bond donors (Lipinski definition) is 3. The van der Waals surface area contributed by atoms with Gasteiger partial charge in [0.15, 0.2) is 12.2 Å². The Morgan fingerprint density at radius 1 is 0.297 bits per heavy atom. The number of phosphoric acid groups is 2. The van der Waals surface area contributed by atoms with Crippen LogP contribution in [0, 0.1) is 5.92 Å². The van der Waals surface area contributed by atoms with Gasteiger partial charge in [0.2, 0.25) is 0 Å². The first-order valence-electron chi connectivity index (χ1n) is 37.6. The van der Waals surface area contributed by atoms with Crippen LogP contribution in [0.3, 0.4) is 0 Å². The number of aliphatic hydroxyl groups is 1. The average molecular weight is 1340 g/mol. The molecule has 19 heteroatoms. The Hall–Kier alpha value is -1.94. The minimum absolute atomic E-state index is 0.107. The number of hydrogen-bond acceptors (Lipinski definition) is 15. The fraction of sp³-hybridized carbons (Fsp3) is 0.944. The summed E-state index contributed by atoms with van der Waals surface area (Å²) in [4.78, 5) is 72.6. The molecule has 2 unspecified atom stereocenters. The van der Waals surface area contributed by atoms with Gasteiger partial charge >= 0.3 is 39.5 Å². The number of rotatable bonds is 72. The van der Waals surface area contributed by atoms with E-state index < -0.39 is 97.5 Å². The highest BCUT2D eigenvalue weighted by atomic mass is 31.2. The first-order valence-corrected chi connectivity index (χ1v) is 40.6. The highest BCUT2D eigenvalue weighted by Gasteiger charge is 2.30. The van der Waals surface area contributed by atoms with Crippen molar-refractivity contribution in [3.8, 4) is 0 Å². The predicted octanol–water partition coefficient (Wildman–Crippen LogP) is 20.9. The van der Waals surface area contributed by atoms with E-state index in [2.05, 4.69) is 34.6 Å². The number of esters is 4. The second kappa shape index (κ2) is 65.4. The molecule has 0 heterocycles. The molecule has 5 atom stereocenters. The SMILES string of the molecule is CCCCCCCCCCCCCCCCCCCCC(=O)O[C@H](COC(=O)CCCCCCCCCCCCCC)COP(=O)(O)OC[C@@H](O)COP(=O)(O)OC[C@@H](COC(=O)CCCCCCCCC(C)C)OC(=O)CCCCCCCCCCCCCC. The molecule has 0 fully saturated rings. The lowest BCUT2D eigenvalue weighted by Gasteiger charge is -2.21. The van der Waals surface area contributed by atoms with E-state index in [0.29, 0.717) is 31.6 Å². The molecule has 0 aromatic heterocycles. The van der Waals surface area contributed by atoms with Crippen molar-refractivity contribution in [3.63, 3.8) is 0 Å². The van der Waals surface area contributed by atoms with Crippen molar-refractivity contribution in [2.24, 2.45) is 5.92 Å². The lowest BCUT2D eigenvalue weighted by Crippen LogP contribution is -2.30. The first kappa shape index (κ1) is 89.1. The van der Waals surface area contributed by atoms with Crippen LogP contribution in [0.25, 0.3) is 0 Å². The van der Waals surface area contributed by atoms with Gasteiger partial charge < -0.3 is 33.8 Å². The Morgan fingerprint density at radius 2 is 0.505 bits per heavy atom. The molecule has 17 nitrogen and oxygen atoms in total. The second-order valence-corrected chi connectivity index (χ2v) is 29.4. The van der Waals surface area contributed by atoms with Gasteiger partial charge in [-0.2, -0.15) is 0 Å². The van der Waals surface area contributed by atoms with Gasteiger partial charge in [-0.05, 0) is 31.6 Å². The molecule has 0 bridgehead atoms. The van der Waals surface area contributed by atoms with Gasteiger partial charge in [-0.1, -0.05) is 324 Å². The third kappa shape index (κ3) is 66.5. The number of unbranched alkanes of at least 4 members (excludes halogenated alkanes) is 44. The highest BCUT2D eigenvalue weighted by Crippen LogP contribution is 2.45. The van der Waals surface area contributed by atoms with Crippen LogP contribution in [0.5, 0.6) is 0 Å². The Morgan fingerprint density at radius 3 is 0.747 bits per heavy atom. The third-order valence-electron chi connectivity index (χ3n) is 16.8. The lowest BCUT2D eigenvalue weighted by molar-refractivity contribution is -0.161. The minimum Gasteiger partial charge on any atom is -0.462 e. The van der Waals surface area contributed by atoms with Crippen molar-refractivity contribution in [3.05, 3.63) is 0 Å². The third-order valence-corrected chi connectivity index (χ3v) is 18.7. The zero-order valence-corrected chi connectivity index (χ0v) is 60.8. The predicted molar refractivity (Wildman–Crippen MR) is 368 cm³/mol. The van der Waals surface area contributed by atoms with Crippen LogP contribution in [-0.2, 0) is 65.4 Å². The molecule has 0 aliphatic heterocycles. The Bertz CT molecular complexity index is 1750. The summed E-state index contributed by atoms with van der Waals surface area (Å²) in [6, 6.07) is 0. The van der Waals surface area contributed by atoms with Crippen LogP contribution in [-0.4, -0.2) is 96.7 Å². The van der Waals surface area contributed by atoms with E-state index in [1.54, 1.807) is 0 Å². The van der Waals surface area contributed by atoms with Gasteiger partial charge in [0, 0.05) is 25.7 Å². The summed E-state index contributed by atoms with van der Waals surface area (Å²) >= 11 is 0. The molecule has 0 saturated carbocycles. The normalized spacial score (nSPS) is 14.0. The van der Waals surface area contributed by atoms with Crippen LogP contribution in [0.4, 0.5) is 0 Å². The fourth-order valence-corrected chi connectivity index (χ4v) is 12.6. The molecule has 0 aliphatic carbocycles. The number of carbonyl (C=O) groups is 4. The summed E-state index contributed by atoms with van der Waals surface area (Å²) in [5.41, 5.74) is 0. The number of aliphatic hydroxyl groups excluding tert-OH is 1. The van der Waals surface area contributed by atoms with Crippen LogP contribution < -0.4 is 0 Å². The maximum atomic E-state index is 13.0. The Balaban J connectivity index is 5.21. The van der Waals surface area contributed by atoms with Crippen LogP contribution in [0.2, 0.25) is 0 Å². The van der Waals surface area contributed by atoms with Crippen molar-refractivity contribution >= 4 is 39.5 Å². The van der Waals surface area contributed by atoms with Gasteiger partial charge in [0.05, 0.1) is 26.4 Å². The van der Waals surface area contributed by atoms with E-state index >= 15 is 0 Å². The van der Waals surface area contributed by atoms with Gasteiger partial charge in [0.1, 0.15) is 19.3 Å². The number of carbonyl (C=O) groups excluding carboxylic acids is 4. The maximum absolute atomic E-state index is 13.0. The summed E-state index contributed by atoms with van der Waals surface area (Å²) in [7, 11) is -9.90. The van der Waals surface area contributed by atoms with Gasteiger partial charge in [0.25, 0.3) is 0 Å². The maximum Gasteiger partial charge on any atom is 0.472 e. The molecule has 91 heavy (non-hydrogen) atoms. The molecule has 0 radical (unpaired) electrons. The van der Waals surface area contributed by atoms with E-state index in [1.165, 1.54) is 193 Å². The van der Waals surface area contributed by atoms with Gasteiger partial charge in [-0.3, -0.25) is 37.3 Å². The van der Waals surface area contributed by atoms with E-state index in [4.69, 9.17) is 37.0 Å². The summed E-state index contributed by atoms with van der Waals surface area (Å²) in [6.45, 7) is 7.18. The zero-order valence-electron chi connectivity index (χ0n) is 59.0. The van der Waals surface area contributed by atoms with Crippen molar-refractivity contribution < 1.29 is 80.2 Å². The molecule has 3 N–H and O–H groups in total. The fourth-order valence-electron chi connectivity index (χ4n) is 11.0. The van der Waals surface area contributed by atoms with Crippen molar-refractivity contribution in [2.45, 2.75) is 393 Å². The summed E-state index contributed by atoms with van der Waals surface area (Å²) in [6.07, 6.45) is 52.8. The average Bonchev–Trinajstić information content (AvgIpc) is 3.72. The van der Waals surface area contributed by atoms with Crippen LogP contribution in [0.15, 0.2) is 0 Å². The van der Waals surface area contributed by atoms with E-state index in [9.17, 15) is 43.2 Å². The number of ether oxygens (including phenoxy) is 4. The molecule has 0 saturated heterocycles. The quantitative estimate of drug-likeness (QED) is 0.0222. The minimum atomic E-state index is -4.95. The highest BCUT2D eigenvalue weighted by molar-refractivity contribution is 7.47. The van der Waals surface area contributed by atoms with E-state index in [-0.39, 0.29) is 25.7 Å². The van der Waals surface area contributed by atoms with Gasteiger partial charge in [-0.15, -0.1) is 0 Å². The van der Waals surface area contributed by atoms with E-state index in [1.807, 2.05) is 0 Å². The topological polar surface area (TPSA) is 237 Å². The molecule has 0 amide bonds. The monoisotopic (exact) mass is 1340 g/mol. The molecular weight excluding hydrogens is 1200 g/mol. The molecule has 0 rings (SSSR count). The van der Waals surface area contributed by atoms with Crippen molar-refractivity contribution in [1.82, 2.24) is 0 Å². The van der Waals surface area contributed by atoms with Gasteiger partial charge in [-0.25, -0.2) is 9.13 Å². The van der Waals surface area contributed by atoms with Crippen molar-refractivity contribution in [1.29, 1.82) is 0 Å². The smallest absolute Gasteiger partial charge is 0.462 e.